The number of carbonyl (C=O) groups excluding carboxylic acids is 1. The zero-order valence-corrected chi connectivity index (χ0v) is 28.0. The Morgan fingerprint density at radius 1 is 0.827 bits per heavy atom. The number of nitrogens with zero attached hydrogens (tertiary/aromatic N) is 3. The van der Waals surface area contributed by atoms with Gasteiger partial charge in [-0.15, -0.1) is 0 Å². The Bertz CT molecular complexity index is 1700. The van der Waals surface area contributed by atoms with Crippen LogP contribution in [0.15, 0.2) is 58.6 Å². The van der Waals surface area contributed by atoms with E-state index in [0.717, 1.165) is 11.5 Å². The highest BCUT2D eigenvalue weighted by atomic mass is 19.1. The predicted molar refractivity (Wildman–Crippen MR) is 184 cm³/mol. The normalized spacial score (nSPS) is 11.9. The lowest BCUT2D eigenvalue weighted by Gasteiger charge is -2.34. The standard InChI is InChI=1S/C34H40FN5O12/c35-25-17-23(4-8-29(25)41)37-18-28(40-36)27-6-3-22-16-24(5-7-26(22)38-27)52-12-1-2-30(42)39-34(19-49-13-9-31(43)44,20-50-14-10-32(45)46)21-51-15-11-33(47)48/h3-8,16-18,41H,1-2,9-15,19-21,36H2,(H,39,42)(H,43,44)(H,45,46)(H,47,48). The van der Waals surface area contributed by atoms with Crippen molar-refractivity contribution in [2.45, 2.75) is 37.6 Å². The van der Waals surface area contributed by atoms with Crippen LogP contribution in [0.25, 0.3) is 10.9 Å². The zero-order chi connectivity index (χ0) is 37.9. The molecule has 1 amide bonds. The summed E-state index contributed by atoms with van der Waals surface area (Å²) in [4.78, 5) is 54.6. The molecule has 3 aromatic rings. The number of ether oxygens (including phenoxy) is 4. The van der Waals surface area contributed by atoms with Gasteiger partial charge in [0, 0.05) is 17.9 Å². The molecule has 0 radical (unpaired) electrons. The number of hydrogen-bond donors (Lipinski definition) is 6. The predicted octanol–water partition coefficient (Wildman–Crippen LogP) is 2.63. The van der Waals surface area contributed by atoms with E-state index in [2.05, 4.69) is 20.4 Å². The van der Waals surface area contributed by atoms with Crippen LogP contribution in [0.1, 0.15) is 37.8 Å². The molecule has 0 saturated carbocycles. The largest absolute Gasteiger partial charge is 0.505 e. The van der Waals surface area contributed by atoms with Gasteiger partial charge in [-0.3, -0.25) is 24.2 Å². The molecule has 1 heterocycles. The number of fused-ring (bicyclic) bond motifs is 1. The lowest BCUT2D eigenvalue weighted by molar-refractivity contribution is -0.140. The molecule has 18 heteroatoms. The van der Waals surface area contributed by atoms with Gasteiger partial charge in [0.15, 0.2) is 11.6 Å². The number of nitrogens with two attached hydrogens (primary N) is 1. The molecule has 0 aliphatic carbocycles. The molecule has 52 heavy (non-hydrogen) atoms. The Balaban J connectivity index is 1.60. The highest BCUT2D eigenvalue weighted by molar-refractivity contribution is 6.38. The zero-order valence-electron chi connectivity index (χ0n) is 28.0. The number of carbonyl (C=O) groups is 4. The Morgan fingerprint density at radius 3 is 2.00 bits per heavy atom. The highest BCUT2D eigenvalue weighted by Crippen LogP contribution is 2.23. The number of amides is 1. The fourth-order valence-electron chi connectivity index (χ4n) is 4.51. The summed E-state index contributed by atoms with van der Waals surface area (Å²) in [6.45, 7) is -1.17. The summed E-state index contributed by atoms with van der Waals surface area (Å²) in [5.41, 5.74) is 0.0833. The van der Waals surface area contributed by atoms with Gasteiger partial charge in [0.05, 0.1) is 88.6 Å². The van der Waals surface area contributed by atoms with E-state index in [4.69, 9.17) is 40.1 Å². The lowest BCUT2D eigenvalue weighted by Crippen LogP contribution is -2.58. The van der Waals surface area contributed by atoms with E-state index in [1.54, 1.807) is 30.3 Å². The summed E-state index contributed by atoms with van der Waals surface area (Å²) >= 11 is 0. The van der Waals surface area contributed by atoms with Crippen molar-refractivity contribution in [3.05, 3.63) is 60.0 Å². The SMILES string of the molecule is NN=C(C=Nc1ccc(O)c(F)c1)c1ccc2cc(OCCCC(=O)NC(COCCC(=O)O)(COCCC(=O)O)COCCC(=O)O)ccc2n1. The first kappa shape index (κ1) is 40.7. The summed E-state index contributed by atoms with van der Waals surface area (Å²) < 4.78 is 36.0. The van der Waals surface area contributed by atoms with Crippen LogP contribution in [-0.2, 0) is 33.4 Å². The number of phenolic OH excluding ortho intramolecular Hbond substituents is 1. The number of carboxylic acid groups (broad SMARTS) is 3. The van der Waals surface area contributed by atoms with Crippen LogP contribution >= 0.6 is 0 Å². The first-order valence-corrected chi connectivity index (χ1v) is 15.9. The van der Waals surface area contributed by atoms with Crippen molar-refractivity contribution >= 4 is 52.3 Å². The maximum Gasteiger partial charge on any atom is 0.305 e. The minimum atomic E-state index is -1.37. The lowest BCUT2D eigenvalue weighted by atomic mass is 10.0. The monoisotopic (exact) mass is 729 g/mol. The van der Waals surface area contributed by atoms with Crippen LogP contribution in [-0.4, -0.2) is 113 Å². The maximum atomic E-state index is 13.6. The summed E-state index contributed by atoms with van der Waals surface area (Å²) in [5, 5.41) is 43.4. The number of carboxylic acids is 3. The second-order valence-electron chi connectivity index (χ2n) is 11.3. The van der Waals surface area contributed by atoms with E-state index >= 15 is 0 Å². The van der Waals surface area contributed by atoms with Gasteiger partial charge in [-0.25, -0.2) is 9.37 Å². The number of aliphatic imine (C=N–C) groups is 1. The van der Waals surface area contributed by atoms with E-state index < -0.39 is 40.9 Å². The molecule has 0 spiro atoms. The molecule has 2 aromatic carbocycles. The highest BCUT2D eigenvalue weighted by Gasteiger charge is 2.34. The van der Waals surface area contributed by atoms with Gasteiger partial charge in [0.25, 0.3) is 0 Å². The first-order valence-electron chi connectivity index (χ1n) is 15.9. The number of aliphatic carboxylic acids is 3. The molecule has 0 atom stereocenters. The van der Waals surface area contributed by atoms with Gasteiger partial charge >= 0.3 is 17.9 Å². The first-order chi connectivity index (χ1) is 24.9. The number of rotatable bonds is 24. The molecule has 1 aromatic heterocycles. The summed E-state index contributed by atoms with van der Waals surface area (Å²) in [6, 6.07) is 12.3. The quantitative estimate of drug-likeness (QED) is 0.0335. The average molecular weight is 730 g/mol. The molecular weight excluding hydrogens is 689 g/mol. The number of hydrogen-bond acceptors (Lipinski definition) is 13. The van der Waals surface area contributed by atoms with Crippen LogP contribution in [0.3, 0.4) is 0 Å². The molecule has 17 nitrogen and oxygen atoms in total. The van der Waals surface area contributed by atoms with E-state index in [1.807, 2.05) is 0 Å². The van der Waals surface area contributed by atoms with Crippen molar-refractivity contribution in [2.75, 3.05) is 46.2 Å². The van der Waals surface area contributed by atoms with E-state index in [-0.39, 0.29) is 89.8 Å². The van der Waals surface area contributed by atoms with Gasteiger partial charge in [-0.05, 0) is 42.8 Å². The molecular formula is C34H40FN5O12. The Morgan fingerprint density at radius 2 is 1.44 bits per heavy atom. The van der Waals surface area contributed by atoms with Crippen molar-refractivity contribution in [3.63, 3.8) is 0 Å². The molecule has 0 saturated heterocycles. The van der Waals surface area contributed by atoms with Gasteiger partial charge in [-0.2, -0.15) is 5.10 Å². The second kappa shape index (κ2) is 20.8. The van der Waals surface area contributed by atoms with Gasteiger partial charge < -0.3 is 50.5 Å². The number of benzene rings is 2. The van der Waals surface area contributed by atoms with E-state index in [0.29, 0.717) is 17.0 Å². The molecule has 0 fully saturated rings. The molecule has 0 unspecified atom stereocenters. The summed E-state index contributed by atoms with van der Waals surface area (Å²) in [6.07, 6.45) is 0.655. The number of aromatic nitrogens is 1. The number of halogens is 1. The summed E-state index contributed by atoms with van der Waals surface area (Å²) in [5.74, 6) is 0.983. The third kappa shape index (κ3) is 14.3. The Hall–Kier alpha value is -5.72. The van der Waals surface area contributed by atoms with Crippen LogP contribution in [0, 0.1) is 5.82 Å². The van der Waals surface area contributed by atoms with Gasteiger partial charge in [0.1, 0.15) is 17.0 Å². The molecule has 0 aliphatic rings. The van der Waals surface area contributed by atoms with E-state index in [1.165, 1.54) is 18.3 Å². The van der Waals surface area contributed by atoms with Crippen molar-refractivity contribution in [2.24, 2.45) is 15.9 Å². The minimum absolute atomic E-state index is 0.0147. The van der Waals surface area contributed by atoms with Crippen LogP contribution < -0.4 is 15.9 Å². The van der Waals surface area contributed by atoms with Crippen molar-refractivity contribution in [3.8, 4) is 11.5 Å². The molecule has 0 bridgehead atoms. The Kier molecular flexibility index (Phi) is 16.3. The van der Waals surface area contributed by atoms with E-state index in [9.17, 15) is 28.7 Å². The summed E-state index contributed by atoms with van der Waals surface area (Å²) in [7, 11) is 0. The molecule has 3 rings (SSSR count). The number of phenols is 1. The average Bonchev–Trinajstić information content (AvgIpc) is 3.10. The fourth-order valence-corrected chi connectivity index (χ4v) is 4.51. The van der Waals surface area contributed by atoms with Crippen molar-refractivity contribution in [1.29, 1.82) is 0 Å². The smallest absolute Gasteiger partial charge is 0.305 e. The third-order valence-corrected chi connectivity index (χ3v) is 7.07. The van der Waals surface area contributed by atoms with Crippen molar-refractivity contribution < 1.29 is 62.9 Å². The number of nitrogens with one attached hydrogen (secondary N) is 1. The van der Waals surface area contributed by atoms with Gasteiger partial charge in [-0.1, -0.05) is 6.07 Å². The second-order valence-corrected chi connectivity index (χ2v) is 11.3. The van der Waals surface area contributed by atoms with Crippen LogP contribution in [0.5, 0.6) is 11.5 Å². The molecule has 7 N–H and O–H groups in total. The third-order valence-electron chi connectivity index (χ3n) is 7.07. The fraction of sp³-hybridized carbons (Fsp3) is 0.382. The molecule has 280 valence electrons. The topological polar surface area (TPSA) is 262 Å². The van der Waals surface area contributed by atoms with Gasteiger partial charge in [0.2, 0.25) is 5.91 Å². The number of pyridine rings is 1. The minimum Gasteiger partial charge on any atom is -0.505 e. The number of hydrazone groups is 1. The maximum absolute atomic E-state index is 13.6. The van der Waals surface area contributed by atoms with Crippen LogP contribution in [0.2, 0.25) is 0 Å². The number of aromatic hydroxyl groups is 1. The van der Waals surface area contributed by atoms with Crippen LogP contribution in [0.4, 0.5) is 10.1 Å². The Labute approximate surface area is 296 Å². The van der Waals surface area contributed by atoms with Crippen molar-refractivity contribution in [1.82, 2.24) is 10.3 Å². The molecule has 0 aliphatic heterocycles.